The lowest BCUT2D eigenvalue weighted by Gasteiger charge is -2.35. The lowest BCUT2D eigenvalue weighted by molar-refractivity contribution is -0.140. The van der Waals surface area contributed by atoms with E-state index in [4.69, 9.17) is 9.26 Å². The van der Waals surface area contributed by atoms with E-state index in [-0.39, 0.29) is 18.1 Å². The van der Waals surface area contributed by atoms with Gasteiger partial charge in [0.05, 0.1) is 23.7 Å². The molecule has 2 heterocycles. The summed E-state index contributed by atoms with van der Waals surface area (Å²) in [6.45, 7) is 9.23. The van der Waals surface area contributed by atoms with Crippen LogP contribution in [0.15, 0.2) is 4.52 Å². The molecule has 1 aliphatic heterocycles. The molecule has 2 atom stereocenters. The molecule has 2 rings (SSSR count). The molecule has 5 nitrogen and oxygen atoms in total. The lowest BCUT2D eigenvalue weighted by Crippen LogP contribution is -2.48. The molecule has 0 saturated carbocycles. The Morgan fingerprint density at radius 1 is 1.35 bits per heavy atom. The van der Waals surface area contributed by atoms with Crippen LogP contribution in [0.3, 0.4) is 0 Å². The second-order valence-corrected chi connectivity index (χ2v) is 6.34. The van der Waals surface area contributed by atoms with Gasteiger partial charge in [-0.2, -0.15) is 0 Å². The van der Waals surface area contributed by atoms with E-state index in [0.717, 1.165) is 22.8 Å². The number of rotatable bonds is 4. The number of morpholine rings is 1. The van der Waals surface area contributed by atoms with E-state index >= 15 is 0 Å². The molecule has 6 heteroatoms. The molecule has 0 radical (unpaired) electrons. The summed E-state index contributed by atoms with van der Waals surface area (Å²) in [6, 6.07) is 0. The molecule has 0 N–H and O–H groups in total. The van der Waals surface area contributed by atoms with Crippen LogP contribution in [0.5, 0.6) is 0 Å². The van der Waals surface area contributed by atoms with Gasteiger partial charge in [-0.05, 0) is 27.7 Å². The van der Waals surface area contributed by atoms with Gasteiger partial charge >= 0.3 is 0 Å². The van der Waals surface area contributed by atoms with Crippen LogP contribution in [0, 0.1) is 13.8 Å². The molecule has 0 bridgehead atoms. The Kier molecular flexibility index (Phi) is 5.10. The summed E-state index contributed by atoms with van der Waals surface area (Å²) in [4.78, 5) is 14.1. The Balaban J connectivity index is 1.80. The SMILES string of the molecule is Cc1noc(C)c1CSCC(=O)N1CC(C)OC(C)C1. The summed E-state index contributed by atoms with van der Waals surface area (Å²) < 4.78 is 10.8. The highest BCUT2D eigenvalue weighted by molar-refractivity contribution is 7.99. The highest BCUT2D eigenvalue weighted by Crippen LogP contribution is 2.20. The maximum Gasteiger partial charge on any atom is 0.232 e. The van der Waals surface area contributed by atoms with Crippen molar-refractivity contribution >= 4 is 17.7 Å². The van der Waals surface area contributed by atoms with Crippen molar-refractivity contribution in [1.82, 2.24) is 10.1 Å². The third kappa shape index (κ3) is 3.76. The van der Waals surface area contributed by atoms with Crippen molar-refractivity contribution in [2.24, 2.45) is 0 Å². The first-order valence-electron chi connectivity index (χ1n) is 6.90. The van der Waals surface area contributed by atoms with Crippen LogP contribution in [0.25, 0.3) is 0 Å². The molecule has 0 aromatic carbocycles. The predicted molar refractivity (Wildman–Crippen MR) is 78.7 cm³/mol. The topological polar surface area (TPSA) is 55.6 Å². The molecular formula is C14H22N2O3S. The average Bonchev–Trinajstić information content (AvgIpc) is 2.69. The second-order valence-electron chi connectivity index (χ2n) is 5.35. The number of carbonyl (C=O) groups excluding carboxylic acids is 1. The summed E-state index contributed by atoms with van der Waals surface area (Å²) in [5.41, 5.74) is 2.02. The molecule has 0 aliphatic carbocycles. The number of aryl methyl sites for hydroxylation is 2. The molecule has 1 aliphatic rings. The minimum Gasteiger partial charge on any atom is -0.372 e. The number of hydrogen-bond acceptors (Lipinski definition) is 5. The van der Waals surface area contributed by atoms with Crippen LogP contribution in [0.4, 0.5) is 0 Å². The minimum absolute atomic E-state index is 0.121. The van der Waals surface area contributed by atoms with E-state index in [0.29, 0.717) is 18.8 Å². The molecule has 2 unspecified atom stereocenters. The molecule has 20 heavy (non-hydrogen) atoms. The molecule has 1 aromatic heterocycles. The number of carbonyl (C=O) groups is 1. The van der Waals surface area contributed by atoms with Crippen LogP contribution in [0.2, 0.25) is 0 Å². The molecule has 1 saturated heterocycles. The Hall–Kier alpha value is -1.01. The van der Waals surface area contributed by atoms with Crippen LogP contribution >= 0.6 is 11.8 Å². The Labute approximate surface area is 124 Å². The van der Waals surface area contributed by atoms with Gasteiger partial charge in [0.1, 0.15) is 5.76 Å². The van der Waals surface area contributed by atoms with Gasteiger partial charge in [0, 0.05) is 24.4 Å². The fourth-order valence-electron chi connectivity index (χ4n) is 2.42. The normalized spacial score (nSPS) is 23.1. The van der Waals surface area contributed by atoms with Crippen molar-refractivity contribution in [3.63, 3.8) is 0 Å². The third-order valence-corrected chi connectivity index (χ3v) is 4.37. The van der Waals surface area contributed by atoms with Gasteiger partial charge in [0.15, 0.2) is 0 Å². The Morgan fingerprint density at radius 3 is 2.55 bits per heavy atom. The van der Waals surface area contributed by atoms with E-state index in [1.54, 1.807) is 11.8 Å². The number of amides is 1. The number of aromatic nitrogens is 1. The minimum atomic E-state index is 0.121. The average molecular weight is 298 g/mol. The first-order chi connectivity index (χ1) is 9.47. The fourth-order valence-corrected chi connectivity index (χ4v) is 3.50. The quantitative estimate of drug-likeness (QED) is 0.852. The maximum absolute atomic E-state index is 12.2. The fraction of sp³-hybridized carbons (Fsp3) is 0.714. The monoisotopic (exact) mass is 298 g/mol. The summed E-state index contributed by atoms with van der Waals surface area (Å²) in [7, 11) is 0. The zero-order chi connectivity index (χ0) is 14.7. The van der Waals surface area contributed by atoms with Crippen molar-refractivity contribution in [2.75, 3.05) is 18.8 Å². The lowest BCUT2D eigenvalue weighted by atomic mass is 10.2. The van der Waals surface area contributed by atoms with Gasteiger partial charge in [-0.3, -0.25) is 4.79 Å². The van der Waals surface area contributed by atoms with Crippen molar-refractivity contribution in [3.8, 4) is 0 Å². The zero-order valence-electron chi connectivity index (χ0n) is 12.5. The van der Waals surface area contributed by atoms with E-state index < -0.39 is 0 Å². The van der Waals surface area contributed by atoms with E-state index in [1.165, 1.54) is 0 Å². The highest BCUT2D eigenvalue weighted by atomic mass is 32.2. The molecule has 1 aromatic rings. The number of ether oxygens (including phenoxy) is 1. The Morgan fingerprint density at radius 2 is 2.00 bits per heavy atom. The summed E-state index contributed by atoms with van der Waals surface area (Å²) in [5, 5.41) is 3.92. The standard InChI is InChI=1S/C14H22N2O3S/c1-9-5-16(6-10(2)18-9)14(17)8-20-7-13-11(3)15-19-12(13)4/h9-10H,5-8H2,1-4H3. The van der Waals surface area contributed by atoms with Gasteiger partial charge in [-0.15, -0.1) is 11.8 Å². The first-order valence-corrected chi connectivity index (χ1v) is 8.05. The van der Waals surface area contributed by atoms with Crippen molar-refractivity contribution < 1.29 is 14.1 Å². The summed E-state index contributed by atoms with van der Waals surface area (Å²) >= 11 is 1.61. The molecule has 1 amide bonds. The van der Waals surface area contributed by atoms with Crippen molar-refractivity contribution in [3.05, 3.63) is 17.0 Å². The number of hydrogen-bond donors (Lipinski definition) is 0. The van der Waals surface area contributed by atoms with Crippen LogP contribution in [-0.4, -0.2) is 47.0 Å². The van der Waals surface area contributed by atoms with E-state index in [1.807, 2.05) is 32.6 Å². The predicted octanol–water partition coefficient (Wildman–Crippen LogP) is 2.16. The number of nitrogens with zero attached hydrogens (tertiary/aromatic N) is 2. The molecule has 0 spiro atoms. The first kappa shape index (κ1) is 15.4. The highest BCUT2D eigenvalue weighted by Gasteiger charge is 2.25. The smallest absolute Gasteiger partial charge is 0.232 e. The summed E-state index contributed by atoms with van der Waals surface area (Å²) in [6.07, 6.45) is 0.241. The maximum atomic E-state index is 12.2. The Bertz CT molecular complexity index is 445. The van der Waals surface area contributed by atoms with E-state index in [2.05, 4.69) is 5.16 Å². The second kappa shape index (κ2) is 6.63. The molecule has 1 fully saturated rings. The van der Waals surface area contributed by atoms with Crippen LogP contribution in [-0.2, 0) is 15.3 Å². The van der Waals surface area contributed by atoms with Crippen molar-refractivity contribution in [2.45, 2.75) is 45.7 Å². The van der Waals surface area contributed by atoms with Crippen LogP contribution in [0.1, 0.15) is 30.9 Å². The van der Waals surface area contributed by atoms with Gasteiger partial charge in [-0.25, -0.2) is 0 Å². The molecular weight excluding hydrogens is 276 g/mol. The largest absolute Gasteiger partial charge is 0.372 e. The zero-order valence-corrected chi connectivity index (χ0v) is 13.3. The summed E-state index contributed by atoms with van der Waals surface area (Å²) in [5.74, 6) is 2.28. The molecule has 112 valence electrons. The van der Waals surface area contributed by atoms with E-state index in [9.17, 15) is 4.79 Å². The van der Waals surface area contributed by atoms with Gasteiger partial charge in [0.2, 0.25) is 5.91 Å². The van der Waals surface area contributed by atoms with Crippen molar-refractivity contribution in [1.29, 1.82) is 0 Å². The third-order valence-electron chi connectivity index (χ3n) is 3.43. The van der Waals surface area contributed by atoms with Gasteiger partial charge in [-0.1, -0.05) is 5.16 Å². The van der Waals surface area contributed by atoms with Gasteiger partial charge in [0.25, 0.3) is 0 Å². The number of thioether (sulfide) groups is 1. The van der Waals surface area contributed by atoms with Gasteiger partial charge < -0.3 is 14.2 Å². The van der Waals surface area contributed by atoms with Crippen LogP contribution < -0.4 is 0 Å².